The third kappa shape index (κ3) is 7.84. The Balaban J connectivity index is 0.00000506. The fraction of sp³-hybridized carbons (Fsp3) is 0.516. The zero-order valence-electron chi connectivity index (χ0n) is 25.5. The van der Waals surface area contributed by atoms with Gasteiger partial charge < -0.3 is 29.7 Å². The Morgan fingerprint density at radius 2 is 1.81 bits per heavy atom. The summed E-state index contributed by atoms with van der Waals surface area (Å²) < 4.78 is 11.5. The molecule has 1 saturated heterocycles. The second kappa shape index (κ2) is 14.2. The van der Waals surface area contributed by atoms with E-state index in [1.165, 1.54) is 7.05 Å². The van der Waals surface area contributed by atoms with Gasteiger partial charge in [-0.3, -0.25) is 15.0 Å². The first-order valence-electron chi connectivity index (χ1n) is 14.4. The molecule has 1 aromatic carbocycles. The molecule has 0 aliphatic carbocycles. The minimum Gasteiger partial charge on any atom is -0.491 e. The average molecular weight is 661 g/mol. The number of Topliss-reactive ketones (excluding diaryl/α,β-unsaturated/α-hetero) is 1. The number of pyridine rings is 1. The summed E-state index contributed by atoms with van der Waals surface area (Å²) in [6.07, 6.45) is 2.90. The molecule has 1 fully saturated rings. The smallest absolute Gasteiger partial charge is 0.341 e. The lowest BCUT2D eigenvalue weighted by Crippen LogP contribution is -2.30. The summed E-state index contributed by atoms with van der Waals surface area (Å²) in [4.78, 5) is 45.2. The second-order valence-corrected chi connectivity index (χ2v) is 11.7. The van der Waals surface area contributed by atoms with Gasteiger partial charge in [0.05, 0.1) is 18.8 Å². The van der Waals surface area contributed by atoms with Crippen LogP contribution in [0.15, 0.2) is 18.2 Å². The molecule has 0 spiro atoms. The van der Waals surface area contributed by atoms with Crippen molar-refractivity contribution in [3.05, 3.63) is 46.3 Å². The Labute approximate surface area is 263 Å². The highest BCUT2D eigenvalue weighted by Gasteiger charge is 2.31. The van der Waals surface area contributed by atoms with Crippen LogP contribution in [0.25, 0.3) is 0 Å². The first kappa shape index (κ1) is 33.8. The molecule has 12 heteroatoms. The monoisotopic (exact) mass is 659 g/mol. The van der Waals surface area contributed by atoms with E-state index in [0.29, 0.717) is 36.8 Å². The van der Waals surface area contributed by atoms with E-state index in [1.807, 2.05) is 19.1 Å². The SMILES string of the molecule is Br.CCOc1cc2c(nc1C(=O)NC)C(=N)N(CC(=O)CCc1cc(N3CCCC3)c(OCC(=O)O)c(C(C)(C)C)c1)C2. The van der Waals surface area contributed by atoms with Gasteiger partial charge in [0.15, 0.2) is 23.8 Å². The molecule has 0 unspecified atom stereocenters. The van der Waals surface area contributed by atoms with Crippen molar-refractivity contribution in [2.45, 2.75) is 65.3 Å². The maximum atomic E-state index is 13.2. The highest BCUT2D eigenvalue weighted by Crippen LogP contribution is 2.41. The third-order valence-corrected chi connectivity index (χ3v) is 7.49. The first-order chi connectivity index (χ1) is 19.9. The summed E-state index contributed by atoms with van der Waals surface area (Å²) in [6.45, 7) is 10.1. The van der Waals surface area contributed by atoms with Crippen molar-refractivity contribution in [3.8, 4) is 11.5 Å². The topological polar surface area (TPSA) is 145 Å². The van der Waals surface area contributed by atoms with Crippen molar-refractivity contribution in [1.29, 1.82) is 5.41 Å². The van der Waals surface area contributed by atoms with Gasteiger partial charge in [0.25, 0.3) is 5.91 Å². The molecule has 0 atom stereocenters. The van der Waals surface area contributed by atoms with Gasteiger partial charge in [-0.25, -0.2) is 9.78 Å². The minimum atomic E-state index is -1.03. The van der Waals surface area contributed by atoms with Gasteiger partial charge in [-0.15, -0.1) is 17.0 Å². The van der Waals surface area contributed by atoms with Crippen molar-refractivity contribution in [3.63, 3.8) is 0 Å². The number of carboxylic acids is 1. The van der Waals surface area contributed by atoms with Crippen LogP contribution in [0.1, 0.15) is 79.8 Å². The number of aryl methyl sites for hydroxylation is 1. The summed E-state index contributed by atoms with van der Waals surface area (Å²) >= 11 is 0. The summed E-state index contributed by atoms with van der Waals surface area (Å²) in [7, 11) is 1.51. The fourth-order valence-corrected chi connectivity index (χ4v) is 5.40. The number of amidine groups is 1. The van der Waals surface area contributed by atoms with E-state index in [4.69, 9.17) is 14.9 Å². The van der Waals surface area contributed by atoms with E-state index < -0.39 is 18.5 Å². The quantitative estimate of drug-likeness (QED) is 0.306. The van der Waals surface area contributed by atoms with Crippen LogP contribution in [0.2, 0.25) is 0 Å². The highest BCUT2D eigenvalue weighted by atomic mass is 79.9. The Morgan fingerprint density at radius 3 is 2.42 bits per heavy atom. The van der Waals surface area contributed by atoms with Crippen LogP contribution in [0, 0.1) is 5.41 Å². The van der Waals surface area contributed by atoms with Crippen LogP contribution in [0.3, 0.4) is 0 Å². The van der Waals surface area contributed by atoms with Crippen molar-refractivity contribution >= 4 is 46.2 Å². The molecule has 234 valence electrons. The largest absolute Gasteiger partial charge is 0.491 e. The van der Waals surface area contributed by atoms with Crippen LogP contribution < -0.4 is 19.7 Å². The number of ketones is 1. The van der Waals surface area contributed by atoms with E-state index in [1.54, 1.807) is 11.0 Å². The second-order valence-electron chi connectivity index (χ2n) is 11.7. The summed E-state index contributed by atoms with van der Waals surface area (Å²) in [5.74, 6) is -0.379. The number of nitrogens with zero attached hydrogens (tertiary/aromatic N) is 3. The Morgan fingerprint density at radius 1 is 1.12 bits per heavy atom. The number of rotatable bonds is 12. The van der Waals surface area contributed by atoms with Crippen LogP contribution in [-0.2, 0) is 28.0 Å². The number of carboxylic acid groups (broad SMARTS) is 1. The summed E-state index contributed by atoms with van der Waals surface area (Å²) in [6, 6.07) is 5.78. The molecular formula is C31H42BrN5O6. The number of hydrogen-bond donors (Lipinski definition) is 3. The molecule has 4 rings (SSSR count). The number of benzene rings is 1. The minimum absolute atomic E-state index is 0. The molecule has 2 aliphatic heterocycles. The predicted molar refractivity (Wildman–Crippen MR) is 169 cm³/mol. The molecule has 0 radical (unpaired) electrons. The van der Waals surface area contributed by atoms with Gasteiger partial charge in [-0.05, 0) is 49.3 Å². The number of halogens is 1. The number of anilines is 1. The van der Waals surface area contributed by atoms with Gasteiger partial charge in [-0.2, -0.15) is 0 Å². The predicted octanol–water partition coefficient (Wildman–Crippen LogP) is 4.12. The lowest BCUT2D eigenvalue weighted by molar-refractivity contribution is -0.139. The van der Waals surface area contributed by atoms with E-state index in [9.17, 15) is 19.5 Å². The Kier molecular flexibility index (Phi) is 11.2. The Hall–Kier alpha value is -3.67. The standard InChI is InChI=1S/C31H41N5O6.BrH/c1-6-41-24-15-20-16-36(29(32)26(20)34-27(24)30(40)33-5)17-21(37)10-9-19-13-22(31(2,3)4)28(42-18-25(38)39)23(14-19)35-11-7-8-12-35;/h13-15,32H,6-12,16-18H2,1-5H3,(H,33,40)(H,38,39);1H. The van der Waals surface area contributed by atoms with E-state index >= 15 is 0 Å². The third-order valence-electron chi connectivity index (χ3n) is 7.49. The van der Waals surface area contributed by atoms with Crippen LogP contribution in [0.4, 0.5) is 5.69 Å². The van der Waals surface area contributed by atoms with Gasteiger partial charge in [0, 0.05) is 44.2 Å². The van der Waals surface area contributed by atoms with Crippen LogP contribution >= 0.6 is 17.0 Å². The van der Waals surface area contributed by atoms with Gasteiger partial charge in [-0.1, -0.05) is 26.8 Å². The molecule has 3 N–H and O–H groups in total. The number of carbonyl (C=O) groups is 3. The average Bonchev–Trinajstić information content (AvgIpc) is 3.58. The number of aromatic nitrogens is 1. The van der Waals surface area contributed by atoms with Crippen molar-refractivity contribution in [1.82, 2.24) is 15.2 Å². The molecule has 1 aromatic heterocycles. The molecule has 11 nitrogen and oxygen atoms in total. The molecular weight excluding hydrogens is 618 g/mol. The molecule has 0 bridgehead atoms. The molecule has 1 amide bonds. The maximum absolute atomic E-state index is 13.2. The maximum Gasteiger partial charge on any atom is 0.341 e. The molecule has 3 heterocycles. The summed E-state index contributed by atoms with van der Waals surface area (Å²) in [5.41, 5.74) is 3.71. The van der Waals surface area contributed by atoms with E-state index in [2.05, 4.69) is 36.0 Å². The number of ether oxygens (including phenoxy) is 2. The lowest BCUT2D eigenvalue weighted by Gasteiger charge is -2.29. The number of hydrogen-bond acceptors (Lipinski definition) is 8. The van der Waals surface area contributed by atoms with E-state index in [-0.39, 0.29) is 52.7 Å². The Bertz CT molecular complexity index is 1380. The molecule has 2 aromatic rings. The first-order valence-corrected chi connectivity index (χ1v) is 14.4. The normalized spacial score (nSPS) is 14.3. The van der Waals surface area contributed by atoms with Gasteiger partial charge in [0.1, 0.15) is 17.3 Å². The number of nitrogens with one attached hydrogen (secondary N) is 2. The zero-order valence-corrected chi connectivity index (χ0v) is 27.3. The summed E-state index contributed by atoms with van der Waals surface area (Å²) in [5, 5.41) is 20.5. The van der Waals surface area contributed by atoms with E-state index in [0.717, 1.165) is 48.3 Å². The van der Waals surface area contributed by atoms with Crippen molar-refractivity contribution in [2.24, 2.45) is 0 Å². The van der Waals surface area contributed by atoms with Gasteiger partial charge >= 0.3 is 5.97 Å². The highest BCUT2D eigenvalue weighted by molar-refractivity contribution is 8.93. The van der Waals surface area contributed by atoms with Crippen LogP contribution in [-0.4, -0.2) is 78.4 Å². The number of aliphatic carboxylic acids is 1. The molecule has 43 heavy (non-hydrogen) atoms. The zero-order chi connectivity index (χ0) is 30.6. The molecule has 0 saturated carbocycles. The van der Waals surface area contributed by atoms with Crippen molar-refractivity contribution in [2.75, 3.05) is 44.8 Å². The number of amides is 1. The molecule has 2 aliphatic rings. The number of fused-ring (bicyclic) bond motifs is 1. The van der Waals surface area contributed by atoms with Gasteiger partial charge in [0.2, 0.25) is 0 Å². The van der Waals surface area contributed by atoms with Crippen LogP contribution in [0.5, 0.6) is 11.5 Å². The number of carbonyl (C=O) groups excluding carboxylic acids is 2. The lowest BCUT2D eigenvalue weighted by atomic mass is 9.84. The fourth-order valence-electron chi connectivity index (χ4n) is 5.40. The van der Waals surface area contributed by atoms with Crippen molar-refractivity contribution < 1.29 is 29.0 Å².